The number of nitrogens with zero attached hydrogens (tertiary/aromatic N) is 5. The molecule has 1 saturated heterocycles. The van der Waals surface area contributed by atoms with E-state index in [9.17, 15) is 9.59 Å². The van der Waals surface area contributed by atoms with Crippen LogP contribution in [-0.2, 0) is 18.3 Å². The van der Waals surface area contributed by atoms with Gasteiger partial charge in [-0.1, -0.05) is 30.3 Å². The predicted molar refractivity (Wildman–Crippen MR) is 117 cm³/mol. The van der Waals surface area contributed by atoms with Crippen LogP contribution in [0.5, 0.6) is 0 Å². The molecule has 1 atom stereocenters. The van der Waals surface area contributed by atoms with Crippen molar-refractivity contribution >= 4 is 11.6 Å². The third-order valence-electron chi connectivity index (χ3n) is 5.58. The van der Waals surface area contributed by atoms with Gasteiger partial charge in [0.15, 0.2) is 5.65 Å². The molecule has 0 radical (unpaired) electrons. The fraction of sp³-hybridized carbons (Fsp3) is 0.273. The van der Waals surface area contributed by atoms with E-state index >= 15 is 0 Å². The van der Waals surface area contributed by atoms with E-state index in [0.29, 0.717) is 35.6 Å². The number of nitrogen functional groups attached to an aromatic ring is 1. The fourth-order valence-corrected chi connectivity index (χ4v) is 4.02. The van der Waals surface area contributed by atoms with Gasteiger partial charge >= 0.3 is 5.69 Å². The lowest BCUT2D eigenvalue weighted by Gasteiger charge is -2.12. The molecule has 5 rings (SSSR count). The van der Waals surface area contributed by atoms with Crippen LogP contribution in [0.3, 0.4) is 0 Å². The zero-order chi connectivity index (χ0) is 21.5. The summed E-state index contributed by atoms with van der Waals surface area (Å²) in [5.41, 5.74) is 8.92. The molecule has 0 aliphatic carbocycles. The largest absolute Gasteiger partial charge is 0.376 e. The number of aromatic nitrogens is 5. The molecule has 1 aliphatic heterocycles. The molecule has 4 heterocycles. The molecule has 9 nitrogen and oxygen atoms in total. The van der Waals surface area contributed by atoms with Crippen molar-refractivity contribution in [3.05, 3.63) is 69.5 Å². The summed E-state index contributed by atoms with van der Waals surface area (Å²) in [7, 11) is 1.68. The molecule has 9 heteroatoms. The minimum atomic E-state index is -0.360. The second-order valence-electron chi connectivity index (χ2n) is 7.69. The van der Waals surface area contributed by atoms with Crippen molar-refractivity contribution in [2.45, 2.75) is 25.5 Å². The van der Waals surface area contributed by atoms with E-state index in [1.807, 2.05) is 30.3 Å². The summed E-state index contributed by atoms with van der Waals surface area (Å²) >= 11 is 0. The number of rotatable bonds is 4. The molecule has 1 fully saturated rings. The first-order valence-electron chi connectivity index (χ1n) is 10.2. The van der Waals surface area contributed by atoms with Gasteiger partial charge in [0.2, 0.25) is 11.5 Å². The Morgan fingerprint density at radius 3 is 2.65 bits per heavy atom. The Balaban J connectivity index is 1.81. The highest BCUT2D eigenvalue weighted by atomic mass is 16.5. The monoisotopic (exact) mass is 418 g/mol. The fourth-order valence-electron chi connectivity index (χ4n) is 4.02. The minimum Gasteiger partial charge on any atom is -0.376 e. The number of ether oxygens (including phenoxy) is 1. The lowest BCUT2D eigenvalue weighted by molar-refractivity contribution is 0.0931. The third kappa shape index (κ3) is 3.32. The molecular formula is C22H22N6O3. The molecular weight excluding hydrogens is 396 g/mol. The van der Waals surface area contributed by atoms with Gasteiger partial charge in [0.05, 0.1) is 23.9 Å². The van der Waals surface area contributed by atoms with Crippen molar-refractivity contribution in [2.75, 3.05) is 12.3 Å². The summed E-state index contributed by atoms with van der Waals surface area (Å²) in [6.07, 6.45) is 3.52. The van der Waals surface area contributed by atoms with Crippen LogP contribution in [0.15, 0.2) is 58.3 Å². The van der Waals surface area contributed by atoms with E-state index in [0.717, 1.165) is 18.4 Å². The van der Waals surface area contributed by atoms with Gasteiger partial charge in [-0.3, -0.25) is 4.79 Å². The Morgan fingerprint density at radius 1 is 1.13 bits per heavy atom. The number of nitrogens with two attached hydrogens (primary N) is 1. The van der Waals surface area contributed by atoms with E-state index in [-0.39, 0.29) is 23.3 Å². The maximum Gasteiger partial charge on any atom is 0.353 e. The van der Waals surface area contributed by atoms with Crippen molar-refractivity contribution < 1.29 is 4.74 Å². The molecule has 158 valence electrons. The summed E-state index contributed by atoms with van der Waals surface area (Å²) < 4.78 is 9.88. The number of aryl methyl sites for hydroxylation is 1. The quantitative estimate of drug-likeness (QED) is 0.540. The van der Waals surface area contributed by atoms with Gasteiger partial charge in [0, 0.05) is 37.0 Å². The molecule has 0 spiro atoms. The van der Waals surface area contributed by atoms with E-state index in [1.165, 1.54) is 19.7 Å². The summed E-state index contributed by atoms with van der Waals surface area (Å²) in [5.74, 6) is 0.0611. The van der Waals surface area contributed by atoms with E-state index < -0.39 is 0 Å². The molecule has 1 unspecified atom stereocenters. The topological polar surface area (TPSA) is 109 Å². The zero-order valence-corrected chi connectivity index (χ0v) is 17.1. The molecule has 1 aliphatic rings. The van der Waals surface area contributed by atoms with Crippen LogP contribution >= 0.6 is 0 Å². The Bertz CT molecular complexity index is 1380. The molecule has 3 aromatic heterocycles. The highest BCUT2D eigenvalue weighted by molar-refractivity contribution is 5.90. The van der Waals surface area contributed by atoms with Crippen LogP contribution in [0.1, 0.15) is 12.8 Å². The SMILES string of the molecule is Cn1cc(-c2c(-c3ccccc3)nc(N)n3c(=O)n(CC4CCCO4)nc23)ccc1=O. The highest BCUT2D eigenvalue weighted by Gasteiger charge is 2.24. The summed E-state index contributed by atoms with van der Waals surface area (Å²) in [6.45, 7) is 1.05. The van der Waals surface area contributed by atoms with Crippen LogP contribution in [0.4, 0.5) is 5.95 Å². The van der Waals surface area contributed by atoms with Crippen molar-refractivity contribution in [2.24, 2.45) is 7.05 Å². The van der Waals surface area contributed by atoms with Crippen LogP contribution in [0.2, 0.25) is 0 Å². The molecule has 4 aromatic rings. The van der Waals surface area contributed by atoms with Crippen molar-refractivity contribution in [1.82, 2.24) is 23.7 Å². The second kappa shape index (κ2) is 7.51. The minimum absolute atomic E-state index is 0.0496. The second-order valence-corrected chi connectivity index (χ2v) is 7.69. The lowest BCUT2D eigenvalue weighted by Crippen LogP contribution is -2.28. The Hall–Kier alpha value is -3.72. The van der Waals surface area contributed by atoms with E-state index in [1.54, 1.807) is 19.3 Å². The Labute approximate surface area is 177 Å². The van der Waals surface area contributed by atoms with Crippen LogP contribution in [-0.4, -0.2) is 36.4 Å². The van der Waals surface area contributed by atoms with Gasteiger partial charge < -0.3 is 15.0 Å². The van der Waals surface area contributed by atoms with Crippen molar-refractivity contribution in [1.29, 1.82) is 0 Å². The molecule has 2 N–H and O–H groups in total. The molecule has 0 saturated carbocycles. The Kier molecular flexibility index (Phi) is 4.67. The number of fused-ring (bicyclic) bond motifs is 1. The first kappa shape index (κ1) is 19.3. The zero-order valence-electron chi connectivity index (χ0n) is 17.1. The molecule has 0 bridgehead atoms. The summed E-state index contributed by atoms with van der Waals surface area (Å²) in [6, 6.07) is 12.8. The van der Waals surface area contributed by atoms with Crippen LogP contribution < -0.4 is 17.0 Å². The van der Waals surface area contributed by atoms with Gasteiger partial charge in [0.1, 0.15) is 0 Å². The average Bonchev–Trinajstić information content (AvgIpc) is 3.39. The lowest BCUT2D eigenvalue weighted by atomic mass is 10.0. The number of pyridine rings is 1. The predicted octanol–water partition coefficient (Wildman–Crippen LogP) is 1.68. The Morgan fingerprint density at radius 2 is 1.94 bits per heavy atom. The maximum atomic E-state index is 13.1. The van der Waals surface area contributed by atoms with Gasteiger partial charge in [-0.05, 0) is 18.9 Å². The van der Waals surface area contributed by atoms with E-state index in [4.69, 9.17) is 10.5 Å². The van der Waals surface area contributed by atoms with Gasteiger partial charge in [-0.25, -0.2) is 18.9 Å². The van der Waals surface area contributed by atoms with Gasteiger partial charge in [-0.2, -0.15) is 0 Å². The van der Waals surface area contributed by atoms with Gasteiger partial charge in [-0.15, -0.1) is 5.10 Å². The molecule has 31 heavy (non-hydrogen) atoms. The number of benzene rings is 1. The van der Waals surface area contributed by atoms with E-state index in [2.05, 4.69) is 10.1 Å². The molecule has 0 amide bonds. The summed E-state index contributed by atoms with van der Waals surface area (Å²) in [4.78, 5) is 29.7. The van der Waals surface area contributed by atoms with Crippen molar-refractivity contribution in [3.63, 3.8) is 0 Å². The normalized spacial score (nSPS) is 16.2. The number of anilines is 1. The number of hydrogen-bond donors (Lipinski definition) is 1. The van der Waals surface area contributed by atoms with Crippen molar-refractivity contribution in [3.8, 4) is 22.4 Å². The first-order chi connectivity index (χ1) is 15.0. The smallest absolute Gasteiger partial charge is 0.353 e. The van der Waals surface area contributed by atoms with Gasteiger partial charge in [0.25, 0.3) is 0 Å². The first-order valence-corrected chi connectivity index (χ1v) is 10.2. The average molecular weight is 418 g/mol. The summed E-state index contributed by atoms with van der Waals surface area (Å²) in [5, 5.41) is 4.63. The third-order valence-corrected chi connectivity index (χ3v) is 5.58. The van der Waals surface area contributed by atoms with Crippen LogP contribution in [0.25, 0.3) is 28.0 Å². The maximum absolute atomic E-state index is 13.1. The standard InChI is InChI=1S/C22H22N6O3/c1-26-12-15(9-10-17(26)29)18-19(14-6-3-2-4-7-14)24-21(23)28-20(18)25-27(22(28)30)13-16-8-5-11-31-16/h2-4,6-7,9-10,12,16H,5,8,11,13H2,1H3,(H2,23,24). The number of hydrogen-bond acceptors (Lipinski definition) is 6. The van der Waals surface area contributed by atoms with Crippen LogP contribution in [0, 0.1) is 0 Å². The highest BCUT2D eigenvalue weighted by Crippen LogP contribution is 2.33. The molecule has 1 aromatic carbocycles.